The average Bonchev–Trinajstić information content (AvgIpc) is 2.56. The first kappa shape index (κ1) is 20.0. The van der Waals surface area contributed by atoms with Crippen molar-refractivity contribution in [3.63, 3.8) is 0 Å². The highest BCUT2D eigenvalue weighted by Crippen LogP contribution is 2.27. The van der Waals surface area contributed by atoms with Crippen molar-refractivity contribution < 1.29 is 22.7 Å². The second-order valence-electron chi connectivity index (χ2n) is 5.84. The number of benzene rings is 1. The first-order valence-corrected chi connectivity index (χ1v) is 7.63. The van der Waals surface area contributed by atoms with Crippen LogP contribution in [0.4, 0.5) is 13.2 Å². The van der Waals surface area contributed by atoms with E-state index in [0.29, 0.717) is 4.57 Å². The molecule has 0 aliphatic heterocycles. The van der Waals surface area contributed by atoms with Gasteiger partial charge in [0, 0.05) is 13.1 Å². The van der Waals surface area contributed by atoms with E-state index in [4.69, 9.17) is 10.00 Å². The highest BCUT2D eigenvalue weighted by atomic mass is 19.4. The number of ether oxygens (including phenoxy) is 1. The van der Waals surface area contributed by atoms with E-state index in [1.165, 1.54) is 12.1 Å². The molecule has 1 heterocycles. The molecule has 142 valence electrons. The fourth-order valence-electron chi connectivity index (χ4n) is 2.35. The second-order valence-corrected chi connectivity index (χ2v) is 5.84. The van der Waals surface area contributed by atoms with Crippen LogP contribution >= 0.6 is 0 Å². The maximum Gasteiger partial charge on any atom is 0.431 e. The monoisotopic (exact) mass is 381 g/mol. The number of nitrogens with zero attached hydrogens (tertiary/aromatic N) is 3. The topological polar surface area (TPSA) is 94.1 Å². The van der Waals surface area contributed by atoms with E-state index >= 15 is 0 Å². The van der Waals surface area contributed by atoms with E-state index in [0.717, 1.165) is 13.1 Å². The van der Waals surface area contributed by atoms with Crippen molar-refractivity contribution in [3.8, 4) is 11.8 Å². The molecule has 2 rings (SSSR count). The Hall–Kier alpha value is -3.35. The fraction of sp³-hybridized carbons (Fsp3) is 0.294. The Labute approximate surface area is 150 Å². The lowest BCUT2D eigenvalue weighted by atomic mass is 10.1. The van der Waals surface area contributed by atoms with Crippen LogP contribution in [-0.4, -0.2) is 21.2 Å². The molecule has 0 saturated carbocycles. The number of halogens is 3. The van der Waals surface area contributed by atoms with Crippen LogP contribution in [0.15, 0.2) is 33.9 Å². The molecule has 0 spiro atoms. The van der Waals surface area contributed by atoms with Gasteiger partial charge in [0.25, 0.3) is 5.56 Å². The normalized spacial score (nSPS) is 11.3. The van der Waals surface area contributed by atoms with E-state index in [1.54, 1.807) is 19.9 Å². The van der Waals surface area contributed by atoms with Gasteiger partial charge in [-0.3, -0.25) is 9.36 Å². The Morgan fingerprint density at radius 3 is 2.37 bits per heavy atom. The van der Waals surface area contributed by atoms with Gasteiger partial charge in [-0.2, -0.15) is 18.4 Å². The molecule has 27 heavy (non-hydrogen) atoms. The molecule has 0 aliphatic rings. The van der Waals surface area contributed by atoms with Crippen LogP contribution in [0.3, 0.4) is 0 Å². The van der Waals surface area contributed by atoms with Gasteiger partial charge in [0.05, 0.1) is 22.9 Å². The number of hydrogen-bond acceptors (Lipinski definition) is 5. The zero-order valence-corrected chi connectivity index (χ0v) is 14.5. The van der Waals surface area contributed by atoms with Crippen LogP contribution in [0.25, 0.3) is 5.69 Å². The van der Waals surface area contributed by atoms with Crippen LogP contribution in [0, 0.1) is 11.3 Å². The Morgan fingerprint density at radius 2 is 1.85 bits per heavy atom. The molecule has 0 atom stereocenters. The van der Waals surface area contributed by atoms with Crippen molar-refractivity contribution >= 4 is 5.97 Å². The quantitative estimate of drug-likeness (QED) is 0.758. The zero-order chi connectivity index (χ0) is 20.5. The summed E-state index contributed by atoms with van der Waals surface area (Å²) in [6, 6.07) is 5.47. The van der Waals surface area contributed by atoms with Gasteiger partial charge in [0.15, 0.2) is 0 Å². The van der Waals surface area contributed by atoms with Gasteiger partial charge in [-0.25, -0.2) is 14.2 Å². The third kappa shape index (κ3) is 3.92. The van der Waals surface area contributed by atoms with Crippen molar-refractivity contribution in [2.75, 3.05) is 0 Å². The lowest BCUT2D eigenvalue weighted by molar-refractivity contribution is -0.144. The summed E-state index contributed by atoms with van der Waals surface area (Å²) in [4.78, 5) is 36.6. The standard InChI is InChI=1S/C17H14F3N3O4/c1-9(2)27-15(25)12-6-11(5-4-10(12)8-21)23-14(24)7-13(17(18,19)20)22(3)16(23)26/h4-7,9H,1-3H3. The van der Waals surface area contributed by atoms with Crippen molar-refractivity contribution in [1.82, 2.24) is 9.13 Å². The molecule has 7 nitrogen and oxygen atoms in total. The molecule has 0 N–H and O–H groups in total. The third-order valence-electron chi connectivity index (χ3n) is 3.56. The lowest BCUT2D eigenvalue weighted by Crippen LogP contribution is -2.40. The van der Waals surface area contributed by atoms with E-state index < -0.39 is 35.2 Å². The SMILES string of the molecule is CC(C)OC(=O)c1cc(-n2c(=O)cc(C(F)(F)F)n(C)c2=O)ccc1C#N. The van der Waals surface area contributed by atoms with Gasteiger partial charge in [-0.15, -0.1) is 0 Å². The lowest BCUT2D eigenvalue weighted by Gasteiger charge is -2.15. The molecule has 1 aromatic carbocycles. The Bertz CT molecular complexity index is 1060. The molecule has 0 unspecified atom stereocenters. The summed E-state index contributed by atoms with van der Waals surface area (Å²) < 4.78 is 44.5. The minimum Gasteiger partial charge on any atom is -0.459 e. The first-order valence-electron chi connectivity index (χ1n) is 7.63. The van der Waals surface area contributed by atoms with Crippen molar-refractivity contribution in [3.05, 3.63) is 61.9 Å². The van der Waals surface area contributed by atoms with Gasteiger partial charge >= 0.3 is 17.8 Å². The molecular weight excluding hydrogens is 367 g/mol. The molecule has 0 radical (unpaired) electrons. The number of esters is 1. The molecule has 0 saturated heterocycles. The summed E-state index contributed by atoms with van der Waals surface area (Å²) in [5.74, 6) is -0.861. The number of alkyl halides is 3. The molecule has 0 amide bonds. The van der Waals surface area contributed by atoms with Crippen LogP contribution < -0.4 is 11.2 Å². The van der Waals surface area contributed by atoms with E-state index in [2.05, 4.69) is 0 Å². The minimum absolute atomic E-state index is 0.0683. The summed E-state index contributed by atoms with van der Waals surface area (Å²) in [5.41, 5.74) is -4.31. The van der Waals surface area contributed by atoms with Crippen molar-refractivity contribution in [1.29, 1.82) is 5.26 Å². The third-order valence-corrected chi connectivity index (χ3v) is 3.56. The van der Waals surface area contributed by atoms with Crippen molar-refractivity contribution in [2.45, 2.75) is 26.1 Å². The van der Waals surface area contributed by atoms with E-state index in [-0.39, 0.29) is 27.4 Å². The predicted molar refractivity (Wildman–Crippen MR) is 87.5 cm³/mol. The van der Waals surface area contributed by atoms with Gasteiger partial charge in [-0.05, 0) is 32.0 Å². The van der Waals surface area contributed by atoms with Gasteiger partial charge in [0.1, 0.15) is 11.8 Å². The summed E-state index contributed by atoms with van der Waals surface area (Å²) in [6.45, 7) is 3.17. The second kappa shape index (κ2) is 7.11. The van der Waals surface area contributed by atoms with Crippen LogP contribution in [0.1, 0.15) is 35.5 Å². The highest BCUT2D eigenvalue weighted by molar-refractivity contribution is 5.93. The van der Waals surface area contributed by atoms with Crippen LogP contribution in [-0.2, 0) is 18.0 Å². The van der Waals surface area contributed by atoms with Crippen LogP contribution in [0.5, 0.6) is 0 Å². The van der Waals surface area contributed by atoms with Gasteiger partial charge < -0.3 is 4.74 Å². The molecular formula is C17H14F3N3O4. The maximum atomic E-state index is 12.9. The number of carbonyl (C=O) groups is 1. The highest BCUT2D eigenvalue weighted by Gasteiger charge is 2.35. The summed E-state index contributed by atoms with van der Waals surface area (Å²) in [7, 11) is 0.874. The summed E-state index contributed by atoms with van der Waals surface area (Å²) in [5, 5.41) is 9.12. The number of aromatic nitrogens is 2. The van der Waals surface area contributed by atoms with E-state index in [9.17, 15) is 27.6 Å². The Kier molecular flexibility index (Phi) is 5.26. The first-order chi connectivity index (χ1) is 12.5. The maximum absolute atomic E-state index is 12.9. The molecule has 0 bridgehead atoms. The average molecular weight is 381 g/mol. The number of carbonyl (C=O) groups excluding carboxylic acids is 1. The number of rotatable bonds is 3. The van der Waals surface area contributed by atoms with Crippen LogP contribution in [0.2, 0.25) is 0 Å². The number of hydrogen-bond donors (Lipinski definition) is 0. The Morgan fingerprint density at radius 1 is 1.22 bits per heavy atom. The predicted octanol–water partition coefficient (Wildman–Crippen LogP) is 1.99. The van der Waals surface area contributed by atoms with E-state index in [1.807, 2.05) is 0 Å². The zero-order valence-electron chi connectivity index (χ0n) is 14.5. The smallest absolute Gasteiger partial charge is 0.431 e. The fourth-order valence-corrected chi connectivity index (χ4v) is 2.35. The molecule has 1 aromatic heterocycles. The minimum atomic E-state index is -4.89. The Balaban J connectivity index is 2.72. The molecule has 0 fully saturated rings. The largest absolute Gasteiger partial charge is 0.459 e. The molecule has 2 aromatic rings. The number of nitriles is 1. The molecule has 10 heteroatoms. The summed E-state index contributed by atoms with van der Waals surface area (Å²) >= 11 is 0. The van der Waals surface area contributed by atoms with Gasteiger partial charge in [0.2, 0.25) is 0 Å². The molecule has 0 aliphatic carbocycles. The van der Waals surface area contributed by atoms with Gasteiger partial charge in [-0.1, -0.05) is 0 Å². The summed E-state index contributed by atoms with van der Waals surface area (Å²) in [6.07, 6.45) is -5.38. The van der Waals surface area contributed by atoms with Crippen molar-refractivity contribution in [2.24, 2.45) is 7.05 Å².